The van der Waals surface area contributed by atoms with Gasteiger partial charge >= 0.3 is 0 Å². The van der Waals surface area contributed by atoms with E-state index in [4.69, 9.17) is 11.6 Å². The van der Waals surface area contributed by atoms with E-state index in [1.54, 1.807) is 6.07 Å². The quantitative estimate of drug-likeness (QED) is 0.924. The summed E-state index contributed by atoms with van der Waals surface area (Å²) in [5, 5.41) is 10.7. The van der Waals surface area contributed by atoms with Crippen molar-refractivity contribution in [3.63, 3.8) is 0 Å². The van der Waals surface area contributed by atoms with Gasteiger partial charge in [-0.15, -0.1) is 0 Å². The normalized spacial score (nSPS) is 23.0. The number of nitrogens with zero attached hydrogens (tertiary/aromatic N) is 1. The van der Waals surface area contributed by atoms with E-state index >= 15 is 0 Å². The van der Waals surface area contributed by atoms with Crippen molar-refractivity contribution in [1.82, 2.24) is 4.90 Å². The molecule has 0 amide bonds. The monoisotopic (exact) mass is 289 g/mol. The van der Waals surface area contributed by atoms with E-state index in [0.717, 1.165) is 23.6 Å². The number of rotatable bonds is 3. The molecule has 100 valence electrons. The van der Waals surface area contributed by atoms with Gasteiger partial charge in [0.1, 0.15) is 5.82 Å². The Kier molecular flexibility index (Phi) is 4.90. The molecule has 1 N–H and O–H groups in total. The van der Waals surface area contributed by atoms with Crippen LogP contribution in [0.15, 0.2) is 18.2 Å². The predicted octanol–water partition coefficient (Wildman–Crippen LogP) is 2.43. The average molecular weight is 290 g/mol. The molecule has 0 saturated carbocycles. The fourth-order valence-electron chi connectivity index (χ4n) is 2.16. The van der Waals surface area contributed by atoms with Crippen molar-refractivity contribution in [2.45, 2.75) is 18.6 Å². The molecule has 1 aromatic carbocycles. The highest BCUT2D eigenvalue weighted by Gasteiger charge is 2.27. The van der Waals surface area contributed by atoms with Crippen molar-refractivity contribution in [3.05, 3.63) is 34.6 Å². The lowest BCUT2D eigenvalue weighted by Crippen LogP contribution is -2.47. The zero-order valence-electron chi connectivity index (χ0n) is 10.3. The van der Waals surface area contributed by atoms with Crippen molar-refractivity contribution in [2.24, 2.45) is 0 Å². The first-order chi connectivity index (χ1) is 8.58. The Morgan fingerprint density at radius 2 is 2.39 bits per heavy atom. The molecule has 1 aliphatic rings. The van der Waals surface area contributed by atoms with E-state index in [9.17, 15) is 9.50 Å². The van der Waals surface area contributed by atoms with Crippen LogP contribution in [0.3, 0.4) is 0 Å². The summed E-state index contributed by atoms with van der Waals surface area (Å²) < 4.78 is 12.9. The van der Waals surface area contributed by atoms with Crippen LogP contribution in [0.2, 0.25) is 5.02 Å². The molecule has 0 bridgehead atoms. The lowest BCUT2D eigenvalue weighted by atomic mass is 10.0. The van der Waals surface area contributed by atoms with Crippen LogP contribution in [0.1, 0.15) is 5.56 Å². The summed E-state index contributed by atoms with van der Waals surface area (Å²) in [6, 6.07) is 4.47. The van der Waals surface area contributed by atoms with Gasteiger partial charge in [0, 0.05) is 35.5 Å². The molecule has 0 radical (unpaired) electrons. The summed E-state index contributed by atoms with van der Waals surface area (Å²) in [4.78, 5) is 2.18. The fourth-order valence-corrected chi connectivity index (χ4v) is 3.71. The Morgan fingerprint density at radius 3 is 3.06 bits per heavy atom. The molecule has 1 heterocycles. The van der Waals surface area contributed by atoms with E-state index in [1.807, 2.05) is 18.8 Å². The van der Waals surface area contributed by atoms with Crippen molar-refractivity contribution in [1.29, 1.82) is 0 Å². The second-order valence-corrected chi connectivity index (χ2v) is 6.19. The van der Waals surface area contributed by atoms with Gasteiger partial charge < -0.3 is 5.11 Å². The maximum atomic E-state index is 12.9. The highest BCUT2D eigenvalue weighted by molar-refractivity contribution is 7.99. The molecule has 0 aromatic heterocycles. The molecule has 2 rings (SSSR count). The van der Waals surface area contributed by atoms with E-state index in [-0.39, 0.29) is 11.9 Å². The first-order valence-corrected chi connectivity index (χ1v) is 7.51. The number of halogens is 2. The summed E-state index contributed by atoms with van der Waals surface area (Å²) in [5.74, 6) is 1.69. The number of hydrogen-bond acceptors (Lipinski definition) is 3. The standard InChI is InChI=1S/C13H17ClFNOS/c1-16-4-5-18-8-12(16)13(17)6-9-2-3-10(15)7-11(9)14/h2-3,7,12-13,17H,4-6,8H2,1H3. The minimum Gasteiger partial charge on any atom is -0.391 e. The van der Waals surface area contributed by atoms with Crippen LogP contribution in [0, 0.1) is 5.82 Å². The Balaban J connectivity index is 2.03. The van der Waals surface area contributed by atoms with Gasteiger partial charge in [0.25, 0.3) is 0 Å². The molecular formula is C13H17ClFNOS. The van der Waals surface area contributed by atoms with Crippen molar-refractivity contribution in [2.75, 3.05) is 25.1 Å². The summed E-state index contributed by atoms with van der Waals surface area (Å²) >= 11 is 7.84. The third-order valence-electron chi connectivity index (χ3n) is 3.33. The van der Waals surface area contributed by atoms with Gasteiger partial charge in [-0.2, -0.15) is 11.8 Å². The highest BCUT2D eigenvalue weighted by atomic mass is 35.5. The number of likely N-dealkylation sites (N-methyl/N-ethyl adjacent to an activating group) is 1. The van der Waals surface area contributed by atoms with E-state index in [0.29, 0.717) is 11.4 Å². The molecule has 1 saturated heterocycles. The molecule has 2 nitrogen and oxygen atoms in total. The number of aliphatic hydroxyl groups is 1. The second-order valence-electron chi connectivity index (χ2n) is 4.63. The van der Waals surface area contributed by atoms with Gasteiger partial charge in [-0.25, -0.2) is 4.39 Å². The number of aliphatic hydroxyl groups excluding tert-OH is 1. The molecule has 0 aliphatic carbocycles. The van der Waals surface area contributed by atoms with Gasteiger partial charge in [0.05, 0.1) is 6.10 Å². The highest BCUT2D eigenvalue weighted by Crippen LogP contribution is 2.23. The smallest absolute Gasteiger partial charge is 0.124 e. The van der Waals surface area contributed by atoms with Crippen LogP contribution < -0.4 is 0 Å². The van der Waals surface area contributed by atoms with Crippen molar-refractivity contribution in [3.8, 4) is 0 Å². The Hall–Kier alpha value is -0.290. The third kappa shape index (κ3) is 3.38. The van der Waals surface area contributed by atoms with Crippen LogP contribution in [0.5, 0.6) is 0 Å². The number of hydrogen-bond donors (Lipinski definition) is 1. The molecule has 1 fully saturated rings. The molecule has 2 atom stereocenters. The van der Waals surface area contributed by atoms with Gasteiger partial charge in [0.15, 0.2) is 0 Å². The summed E-state index contributed by atoms with van der Waals surface area (Å²) in [6.45, 7) is 0.990. The van der Waals surface area contributed by atoms with Gasteiger partial charge in [-0.3, -0.25) is 4.90 Å². The third-order valence-corrected chi connectivity index (χ3v) is 4.73. The Bertz CT molecular complexity index is 418. The first-order valence-electron chi connectivity index (χ1n) is 5.98. The van der Waals surface area contributed by atoms with E-state index < -0.39 is 6.10 Å². The van der Waals surface area contributed by atoms with Crippen LogP contribution >= 0.6 is 23.4 Å². The average Bonchev–Trinajstić information content (AvgIpc) is 2.33. The predicted molar refractivity (Wildman–Crippen MR) is 74.9 cm³/mol. The zero-order valence-corrected chi connectivity index (χ0v) is 11.8. The van der Waals surface area contributed by atoms with Crippen LogP contribution in [0.4, 0.5) is 4.39 Å². The molecule has 18 heavy (non-hydrogen) atoms. The van der Waals surface area contributed by atoms with Gasteiger partial charge in [0.2, 0.25) is 0 Å². The SMILES string of the molecule is CN1CCSCC1C(O)Cc1ccc(F)cc1Cl. The molecule has 0 spiro atoms. The molecule has 5 heteroatoms. The summed E-state index contributed by atoms with van der Waals surface area (Å²) in [7, 11) is 2.03. The van der Waals surface area contributed by atoms with Gasteiger partial charge in [-0.05, 0) is 24.7 Å². The maximum absolute atomic E-state index is 12.9. The van der Waals surface area contributed by atoms with E-state index in [2.05, 4.69) is 4.90 Å². The maximum Gasteiger partial charge on any atom is 0.124 e. The molecule has 1 aromatic rings. The van der Waals surface area contributed by atoms with E-state index in [1.165, 1.54) is 12.1 Å². The second kappa shape index (κ2) is 6.24. The molecular weight excluding hydrogens is 273 g/mol. The topological polar surface area (TPSA) is 23.5 Å². The van der Waals surface area contributed by atoms with Crippen LogP contribution in [-0.4, -0.2) is 47.3 Å². The minimum atomic E-state index is -0.467. The van der Waals surface area contributed by atoms with Crippen LogP contribution in [-0.2, 0) is 6.42 Å². The lowest BCUT2D eigenvalue weighted by Gasteiger charge is -2.35. The molecule has 2 unspecified atom stereocenters. The number of benzene rings is 1. The van der Waals surface area contributed by atoms with Crippen molar-refractivity contribution >= 4 is 23.4 Å². The summed E-state index contributed by atoms with van der Waals surface area (Å²) in [5.41, 5.74) is 0.801. The fraction of sp³-hybridized carbons (Fsp3) is 0.538. The Labute approximate surface area is 116 Å². The van der Waals surface area contributed by atoms with Crippen molar-refractivity contribution < 1.29 is 9.50 Å². The summed E-state index contributed by atoms with van der Waals surface area (Å²) in [6.07, 6.45) is 0.0000567. The number of thioether (sulfide) groups is 1. The lowest BCUT2D eigenvalue weighted by molar-refractivity contribution is 0.0763. The van der Waals surface area contributed by atoms with Gasteiger partial charge in [-0.1, -0.05) is 17.7 Å². The largest absolute Gasteiger partial charge is 0.391 e. The first kappa shape index (κ1) is 14.1. The molecule has 1 aliphatic heterocycles. The minimum absolute atomic E-state index is 0.143. The van der Waals surface area contributed by atoms with Crippen LogP contribution in [0.25, 0.3) is 0 Å². The zero-order chi connectivity index (χ0) is 13.1. The Morgan fingerprint density at radius 1 is 1.61 bits per heavy atom.